The van der Waals surface area contributed by atoms with Crippen LogP contribution in [0.1, 0.15) is 93.4 Å². The van der Waals surface area contributed by atoms with Crippen LogP contribution < -0.4 is 5.32 Å². The lowest BCUT2D eigenvalue weighted by Crippen LogP contribution is -2.61. The van der Waals surface area contributed by atoms with Crippen LogP contribution in [0.5, 0.6) is 0 Å². The lowest BCUT2D eigenvalue weighted by Gasteiger charge is -2.54. The van der Waals surface area contributed by atoms with Crippen LogP contribution in [0.3, 0.4) is 0 Å². The molecule has 0 radical (unpaired) electrons. The fraction of sp³-hybridized carbons (Fsp3) is 1.00. The zero-order chi connectivity index (χ0) is 16.1. The molecule has 0 aromatic rings. The minimum absolute atomic E-state index is 0.320. The first-order valence-electron chi connectivity index (χ1n) is 9.52. The van der Waals surface area contributed by atoms with Gasteiger partial charge >= 0.3 is 0 Å². The predicted octanol–water partition coefficient (Wildman–Crippen LogP) is 6.03. The molecular weight excluding hydrogens is 254 g/mol. The zero-order valence-corrected chi connectivity index (χ0v) is 15.9. The minimum Gasteiger partial charge on any atom is -0.311 e. The maximum absolute atomic E-state index is 4.00. The lowest BCUT2D eigenvalue weighted by atomic mass is 9.58. The summed E-state index contributed by atoms with van der Waals surface area (Å²) in [5.74, 6) is 2.45. The third-order valence-electron chi connectivity index (χ3n) is 6.01. The minimum atomic E-state index is 0.320. The second kappa shape index (κ2) is 7.99. The van der Waals surface area contributed by atoms with Gasteiger partial charge in [0.25, 0.3) is 0 Å². The van der Waals surface area contributed by atoms with E-state index in [0.29, 0.717) is 11.0 Å². The van der Waals surface area contributed by atoms with Gasteiger partial charge in [0, 0.05) is 5.54 Å². The van der Waals surface area contributed by atoms with Gasteiger partial charge in [0.2, 0.25) is 0 Å². The van der Waals surface area contributed by atoms with E-state index in [2.05, 4.69) is 53.8 Å². The van der Waals surface area contributed by atoms with Gasteiger partial charge in [0.05, 0.1) is 0 Å². The van der Waals surface area contributed by atoms with Crippen molar-refractivity contribution in [3.8, 4) is 0 Å². The summed E-state index contributed by atoms with van der Waals surface area (Å²) in [6, 6.07) is 0. The SMILES string of the molecule is CCCCC(C(C)CCC)C1(C)NCCCC1C(C)(C)C. The molecule has 126 valence electrons. The molecule has 1 heterocycles. The van der Waals surface area contributed by atoms with Crippen molar-refractivity contribution in [3.05, 3.63) is 0 Å². The van der Waals surface area contributed by atoms with Gasteiger partial charge in [-0.3, -0.25) is 0 Å². The Morgan fingerprint density at radius 2 is 1.81 bits per heavy atom. The number of nitrogens with one attached hydrogen (secondary N) is 1. The zero-order valence-electron chi connectivity index (χ0n) is 15.9. The molecule has 0 amide bonds. The van der Waals surface area contributed by atoms with Crippen LogP contribution in [0.15, 0.2) is 0 Å². The molecule has 0 aromatic carbocycles. The molecule has 1 aliphatic heterocycles. The molecule has 1 N–H and O–H groups in total. The Bertz CT molecular complexity index is 291. The highest BCUT2D eigenvalue weighted by atomic mass is 15.0. The van der Waals surface area contributed by atoms with Crippen molar-refractivity contribution < 1.29 is 0 Å². The van der Waals surface area contributed by atoms with Crippen molar-refractivity contribution in [2.45, 2.75) is 99.0 Å². The molecular formula is C20H41N. The average Bonchev–Trinajstić information content (AvgIpc) is 2.38. The van der Waals surface area contributed by atoms with Crippen LogP contribution in [0.4, 0.5) is 0 Å². The summed E-state index contributed by atoms with van der Waals surface area (Å²) in [4.78, 5) is 0. The monoisotopic (exact) mass is 295 g/mol. The molecule has 21 heavy (non-hydrogen) atoms. The summed E-state index contributed by atoms with van der Waals surface area (Å²) in [5, 5.41) is 4.00. The van der Waals surface area contributed by atoms with Gasteiger partial charge in [-0.05, 0) is 55.9 Å². The molecule has 0 saturated carbocycles. The third-order valence-corrected chi connectivity index (χ3v) is 6.01. The van der Waals surface area contributed by atoms with Crippen LogP contribution in [0, 0.1) is 23.2 Å². The Balaban J connectivity index is 3.03. The number of piperidine rings is 1. The third kappa shape index (κ3) is 4.71. The molecule has 1 aliphatic rings. The Labute approximate surface area is 134 Å². The van der Waals surface area contributed by atoms with Crippen LogP contribution >= 0.6 is 0 Å². The van der Waals surface area contributed by atoms with Crippen molar-refractivity contribution >= 4 is 0 Å². The summed E-state index contributed by atoms with van der Waals surface area (Å²) in [6.07, 6.45) is 9.55. The van der Waals surface area contributed by atoms with Gasteiger partial charge in [-0.25, -0.2) is 0 Å². The van der Waals surface area contributed by atoms with Crippen molar-refractivity contribution in [2.75, 3.05) is 6.54 Å². The smallest absolute Gasteiger partial charge is 0.0217 e. The van der Waals surface area contributed by atoms with Crippen molar-refractivity contribution in [2.24, 2.45) is 23.2 Å². The summed E-state index contributed by atoms with van der Waals surface area (Å²) in [5.41, 5.74) is 0.721. The predicted molar refractivity (Wildman–Crippen MR) is 95.7 cm³/mol. The topological polar surface area (TPSA) is 12.0 Å². The van der Waals surface area contributed by atoms with Gasteiger partial charge in [0.1, 0.15) is 0 Å². The van der Waals surface area contributed by atoms with E-state index in [9.17, 15) is 0 Å². The van der Waals surface area contributed by atoms with E-state index in [1.54, 1.807) is 0 Å². The standard InChI is InChI=1S/C20H41N/c1-8-10-13-17(16(3)12-9-2)20(7)18(19(4,5)6)14-11-15-21-20/h16-18,21H,8-15H2,1-7H3. The quantitative estimate of drug-likeness (QED) is 0.604. The molecule has 4 atom stereocenters. The Morgan fingerprint density at radius 3 is 2.33 bits per heavy atom. The molecule has 4 unspecified atom stereocenters. The number of rotatable bonds is 7. The normalized spacial score (nSPS) is 30.1. The Kier molecular flexibility index (Phi) is 7.24. The summed E-state index contributed by atoms with van der Waals surface area (Å²) in [7, 11) is 0. The maximum Gasteiger partial charge on any atom is 0.0217 e. The van der Waals surface area contributed by atoms with Crippen LogP contribution in [-0.2, 0) is 0 Å². The van der Waals surface area contributed by atoms with Gasteiger partial charge in [-0.2, -0.15) is 0 Å². The van der Waals surface area contributed by atoms with Crippen LogP contribution in [-0.4, -0.2) is 12.1 Å². The second-order valence-electron chi connectivity index (χ2n) is 8.78. The maximum atomic E-state index is 4.00. The van der Waals surface area contributed by atoms with Crippen molar-refractivity contribution in [3.63, 3.8) is 0 Å². The molecule has 1 rings (SSSR count). The molecule has 0 bridgehead atoms. The molecule has 1 saturated heterocycles. The van der Waals surface area contributed by atoms with Crippen LogP contribution in [0.25, 0.3) is 0 Å². The number of hydrogen-bond acceptors (Lipinski definition) is 1. The van der Waals surface area contributed by atoms with E-state index in [-0.39, 0.29) is 0 Å². The van der Waals surface area contributed by atoms with E-state index < -0.39 is 0 Å². The largest absolute Gasteiger partial charge is 0.311 e. The van der Waals surface area contributed by atoms with E-state index in [0.717, 1.165) is 17.8 Å². The first-order valence-corrected chi connectivity index (χ1v) is 9.52. The van der Waals surface area contributed by atoms with Gasteiger partial charge in [0.15, 0.2) is 0 Å². The first kappa shape index (κ1) is 19.0. The highest BCUT2D eigenvalue weighted by Gasteiger charge is 2.48. The highest BCUT2D eigenvalue weighted by molar-refractivity contribution is 5.03. The number of unbranched alkanes of at least 4 members (excludes halogenated alkanes) is 1. The molecule has 0 aromatic heterocycles. The molecule has 1 heteroatoms. The Morgan fingerprint density at radius 1 is 1.14 bits per heavy atom. The molecule has 0 spiro atoms. The lowest BCUT2D eigenvalue weighted by molar-refractivity contribution is 0.00233. The van der Waals surface area contributed by atoms with Crippen molar-refractivity contribution in [1.82, 2.24) is 5.32 Å². The van der Waals surface area contributed by atoms with Gasteiger partial charge < -0.3 is 5.32 Å². The van der Waals surface area contributed by atoms with Crippen LogP contribution in [0.2, 0.25) is 0 Å². The second-order valence-corrected chi connectivity index (χ2v) is 8.78. The van der Waals surface area contributed by atoms with Gasteiger partial charge in [-0.15, -0.1) is 0 Å². The fourth-order valence-electron chi connectivity index (χ4n) is 5.06. The molecule has 1 fully saturated rings. The van der Waals surface area contributed by atoms with Crippen molar-refractivity contribution in [1.29, 1.82) is 0 Å². The molecule has 1 nitrogen and oxygen atoms in total. The van der Waals surface area contributed by atoms with E-state index in [1.807, 2.05) is 0 Å². The fourth-order valence-corrected chi connectivity index (χ4v) is 5.06. The molecule has 0 aliphatic carbocycles. The first-order chi connectivity index (χ1) is 9.77. The Hall–Kier alpha value is -0.0400. The number of hydrogen-bond donors (Lipinski definition) is 1. The van der Waals surface area contributed by atoms with E-state index >= 15 is 0 Å². The highest BCUT2D eigenvalue weighted by Crippen LogP contribution is 2.47. The van der Waals surface area contributed by atoms with E-state index in [4.69, 9.17) is 0 Å². The summed E-state index contributed by atoms with van der Waals surface area (Å²) < 4.78 is 0. The summed E-state index contributed by atoms with van der Waals surface area (Å²) >= 11 is 0. The summed E-state index contributed by atoms with van der Waals surface area (Å²) in [6.45, 7) is 18.3. The average molecular weight is 296 g/mol. The van der Waals surface area contributed by atoms with Gasteiger partial charge in [-0.1, -0.05) is 67.2 Å². The van der Waals surface area contributed by atoms with E-state index in [1.165, 1.54) is 51.5 Å².